The van der Waals surface area contributed by atoms with Crippen LogP contribution in [0.4, 0.5) is 10.5 Å². The summed E-state index contributed by atoms with van der Waals surface area (Å²) < 4.78 is 4.98. The number of imide groups is 2. The van der Waals surface area contributed by atoms with Crippen molar-refractivity contribution in [3.63, 3.8) is 0 Å². The van der Waals surface area contributed by atoms with Gasteiger partial charge in [-0.2, -0.15) is 0 Å². The molecule has 0 atom stereocenters. The molecule has 1 saturated heterocycles. The third-order valence-electron chi connectivity index (χ3n) is 3.96. The molecule has 1 aliphatic rings. The molecule has 0 saturated carbocycles. The molecule has 1 fully saturated rings. The van der Waals surface area contributed by atoms with Crippen LogP contribution in [0.2, 0.25) is 5.02 Å². The zero-order valence-corrected chi connectivity index (χ0v) is 15.2. The summed E-state index contributed by atoms with van der Waals surface area (Å²) in [6.45, 7) is 0. The number of para-hydroxylation sites is 1. The molecule has 2 N–H and O–H groups in total. The van der Waals surface area contributed by atoms with Gasteiger partial charge in [0, 0.05) is 0 Å². The first kappa shape index (κ1) is 19.1. The van der Waals surface area contributed by atoms with E-state index in [1.807, 2.05) is 0 Å². The van der Waals surface area contributed by atoms with Gasteiger partial charge in [0.15, 0.2) is 0 Å². The molecule has 2 aromatic carbocycles. The zero-order chi connectivity index (χ0) is 20.4. The van der Waals surface area contributed by atoms with Crippen LogP contribution in [0.15, 0.2) is 48.0 Å². The van der Waals surface area contributed by atoms with Gasteiger partial charge in [0.05, 0.1) is 17.8 Å². The molecule has 8 nitrogen and oxygen atoms in total. The monoisotopic (exact) mass is 400 g/mol. The highest BCUT2D eigenvalue weighted by atomic mass is 35.5. The molecule has 9 heteroatoms. The van der Waals surface area contributed by atoms with Crippen molar-refractivity contribution in [3.05, 3.63) is 64.2 Å². The minimum absolute atomic E-state index is 0.117. The van der Waals surface area contributed by atoms with Crippen LogP contribution in [-0.2, 0) is 9.59 Å². The Labute approximate surface area is 164 Å². The molecule has 142 valence electrons. The third kappa shape index (κ3) is 3.45. The lowest BCUT2D eigenvalue weighted by Crippen LogP contribution is -2.54. The van der Waals surface area contributed by atoms with Gasteiger partial charge in [0.25, 0.3) is 11.8 Å². The summed E-state index contributed by atoms with van der Waals surface area (Å²) in [6.07, 6.45) is 1.19. The van der Waals surface area contributed by atoms with E-state index in [0.717, 1.165) is 4.90 Å². The highest BCUT2D eigenvalue weighted by molar-refractivity contribution is 6.42. The zero-order valence-electron chi connectivity index (χ0n) is 14.4. The highest BCUT2D eigenvalue weighted by Crippen LogP contribution is 2.29. The van der Waals surface area contributed by atoms with E-state index in [1.54, 1.807) is 12.1 Å². The first-order chi connectivity index (χ1) is 13.3. The minimum Gasteiger partial charge on any atom is -0.496 e. The molecule has 4 amide bonds. The molecule has 0 radical (unpaired) electrons. The summed E-state index contributed by atoms with van der Waals surface area (Å²) in [5.41, 5.74) is -0.100. The predicted octanol–water partition coefficient (Wildman–Crippen LogP) is 2.71. The quantitative estimate of drug-likeness (QED) is 0.602. The van der Waals surface area contributed by atoms with E-state index in [2.05, 4.69) is 5.32 Å². The normalized spacial score (nSPS) is 15.6. The maximum Gasteiger partial charge on any atom is 0.339 e. The van der Waals surface area contributed by atoms with E-state index < -0.39 is 23.8 Å². The summed E-state index contributed by atoms with van der Waals surface area (Å²) in [6, 6.07) is 9.39. The van der Waals surface area contributed by atoms with E-state index in [1.165, 1.54) is 43.5 Å². The van der Waals surface area contributed by atoms with Crippen molar-refractivity contribution in [1.29, 1.82) is 0 Å². The molecule has 0 aromatic heterocycles. The van der Waals surface area contributed by atoms with Crippen LogP contribution in [-0.4, -0.2) is 36.0 Å². The average Bonchev–Trinajstić information content (AvgIpc) is 2.66. The number of anilines is 1. The van der Waals surface area contributed by atoms with Gasteiger partial charge in [-0.25, -0.2) is 14.5 Å². The number of rotatable bonds is 4. The first-order valence-corrected chi connectivity index (χ1v) is 8.28. The van der Waals surface area contributed by atoms with E-state index >= 15 is 0 Å². The Morgan fingerprint density at radius 2 is 1.89 bits per heavy atom. The smallest absolute Gasteiger partial charge is 0.339 e. The molecular weight excluding hydrogens is 388 g/mol. The third-order valence-corrected chi connectivity index (χ3v) is 4.28. The number of carboxylic acids is 1. The fourth-order valence-corrected chi connectivity index (χ4v) is 2.88. The molecule has 0 spiro atoms. The van der Waals surface area contributed by atoms with Gasteiger partial charge in [-0.3, -0.25) is 14.9 Å². The van der Waals surface area contributed by atoms with E-state index in [9.17, 15) is 24.3 Å². The Balaban J connectivity index is 2.06. The Hall–Kier alpha value is -3.65. The number of amides is 4. The summed E-state index contributed by atoms with van der Waals surface area (Å²) in [5, 5.41) is 11.5. The topological polar surface area (TPSA) is 113 Å². The van der Waals surface area contributed by atoms with Gasteiger partial charge in [0.1, 0.15) is 16.9 Å². The number of carbonyl (C=O) groups is 4. The van der Waals surface area contributed by atoms with Crippen molar-refractivity contribution in [1.82, 2.24) is 5.32 Å². The summed E-state index contributed by atoms with van der Waals surface area (Å²) in [5.74, 6) is -2.88. The molecule has 2 aromatic rings. The second-order valence-corrected chi connectivity index (χ2v) is 6.08. The summed E-state index contributed by atoms with van der Waals surface area (Å²) in [7, 11) is 1.32. The number of halogens is 1. The number of nitrogens with one attached hydrogen (secondary N) is 1. The highest BCUT2D eigenvalue weighted by Gasteiger charge is 2.37. The number of methoxy groups -OCH3 is 1. The molecule has 0 unspecified atom stereocenters. The van der Waals surface area contributed by atoms with Crippen LogP contribution in [0.25, 0.3) is 6.08 Å². The predicted molar refractivity (Wildman–Crippen MR) is 100 cm³/mol. The van der Waals surface area contributed by atoms with Crippen molar-refractivity contribution < 1.29 is 29.0 Å². The van der Waals surface area contributed by atoms with Crippen molar-refractivity contribution in [3.8, 4) is 5.75 Å². The SMILES string of the molecule is COc1ccc(/C=C2/C(=O)NC(=O)N(c3ccccc3Cl)C2=O)cc1C(=O)O. The first-order valence-electron chi connectivity index (χ1n) is 7.91. The van der Waals surface area contributed by atoms with E-state index in [-0.39, 0.29) is 33.2 Å². The molecule has 3 rings (SSSR count). The number of ether oxygens (including phenoxy) is 1. The maximum atomic E-state index is 12.8. The number of nitrogens with zero attached hydrogens (tertiary/aromatic N) is 1. The molecule has 0 bridgehead atoms. The van der Waals surface area contributed by atoms with Crippen LogP contribution in [0.3, 0.4) is 0 Å². The number of aromatic carboxylic acids is 1. The van der Waals surface area contributed by atoms with Crippen molar-refractivity contribution in [2.24, 2.45) is 0 Å². The van der Waals surface area contributed by atoms with Crippen LogP contribution in [0.5, 0.6) is 5.75 Å². The lowest BCUT2D eigenvalue weighted by Gasteiger charge is -2.27. The number of carbonyl (C=O) groups excluding carboxylic acids is 3. The average molecular weight is 401 g/mol. The standard InChI is InChI=1S/C19H13ClN2O6/c1-28-15-7-6-10(8-11(15)18(25)26)9-12-16(23)21-19(27)22(17(12)24)14-5-3-2-4-13(14)20/h2-9H,1H3,(H,25,26)(H,21,23,27)/b12-9-. The number of carboxylic acid groups (broad SMARTS) is 1. The van der Waals surface area contributed by atoms with Crippen molar-refractivity contribution >= 4 is 47.2 Å². The van der Waals surface area contributed by atoms with Crippen LogP contribution < -0.4 is 15.0 Å². The molecule has 28 heavy (non-hydrogen) atoms. The fourth-order valence-electron chi connectivity index (χ4n) is 2.66. The molecule has 0 aliphatic carbocycles. The van der Waals surface area contributed by atoms with Crippen LogP contribution in [0.1, 0.15) is 15.9 Å². The largest absolute Gasteiger partial charge is 0.496 e. The second kappa shape index (κ2) is 7.53. The van der Waals surface area contributed by atoms with Gasteiger partial charge < -0.3 is 9.84 Å². The van der Waals surface area contributed by atoms with Crippen molar-refractivity contribution in [2.75, 3.05) is 12.0 Å². The number of barbiturate groups is 1. The minimum atomic E-state index is -1.23. The van der Waals surface area contributed by atoms with E-state index in [0.29, 0.717) is 0 Å². The van der Waals surface area contributed by atoms with Gasteiger partial charge >= 0.3 is 12.0 Å². The van der Waals surface area contributed by atoms with Crippen LogP contribution in [0, 0.1) is 0 Å². The van der Waals surface area contributed by atoms with Gasteiger partial charge in [0.2, 0.25) is 0 Å². The molecule has 1 heterocycles. The van der Waals surface area contributed by atoms with Gasteiger partial charge in [-0.15, -0.1) is 0 Å². The number of hydrogen-bond acceptors (Lipinski definition) is 5. The molecule has 1 aliphatic heterocycles. The van der Waals surface area contributed by atoms with E-state index in [4.69, 9.17) is 16.3 Å². The Morgan fingerprint density at radius 3 is 2.54 bits per heavy atom. The maximum absolute atomic E-state index is 12.8. The second-order valence-electron chi connectivity index (χ2n) is 5.67. The lowest BCUT2D eigenvalue weighted by atomic mass is 10.0. The van der Waals surface area contributed by atoms with Crippen LogP contribution >= 0.6 is 11.6 Å². The fraction of sp³-hybridized carbons (Fsp3) is 0.0526. The van der Waals surface area contributed by atoms with Gasteiger partial charge in [-0.1, -0.05) is 29.8 Å². The molecular formula is C19H13ClN2O6. The summed E-state index contributed by atoms with van der Waals surface area (Å²) in [4.78, 5) is 49.3. The Bertz CT molecular complexity index is 1050. The van der Waals surface area contributed by atoms with Crippen molar-refractivity contribution in [2.45, 2.75) is 0 Å². The summed E-state index contributed by atoms with van der Waals surface area (Å²) >= 11 is 6.06. The Kier molecular flexibility index (Phi) is 5.14. The number of hydrogen-bond donors (Lipinski definition) is 2. The lowest BCUT2D eigenvalue weighted by molar-refractivity contribution is -0.122. The number of benzene rings is 2. The van der Waals surface area contributed by atoms with Gasteiger partial charge in [-0.05, 0) is 35.9 Å². The number of urea groups is 1. The Morgan fingerprint density at radius 1 is 1.18 bits per heavy atom.